The molecule has 72 valence electrons. The molecule has 0 aromatic carbocycles. The van der Waals surface area contributed by atoms with Crippen LogP contribution in [0.3, 0.4) is 0 Å². The summed E-state index contributed by atoms with van der Waals surface area (Å²) in [6.45, 7) is 1.93. The average molecular weight is 183 g/mol. The zero-order chi connectivity index (χ0) is 9.00. The summed E-state index contributed by atoms with van der Waals surface area (Å²) in [6, 6.07) is 0.177. The number of hydrogen-bond donors (Lipinski definition) is 1. The highest BCUT2D eigenvalue weighted by Gasteiger charge is 2.55. The summed E-state index contributed by atoms with van der Waals surface area (Å²) in [6.07, 6.45) is 1.24. The molecule has 3 aliphatic heterocycles. The normalized spacial score (nSPS) is 49.2. The van der Waals surface area contributed by atoms with Gasteiger partial charge in [0, 0.05) is 13.1 Å². The zero-order valence-corrected chi connectivity index (χ0v) is 7.35. The van der Waals surface area contributed by atoms with E-state index in [9.17, 15) is 9.90 Å². The number of ether oxygens (including phenoxy) is 1. The summed E-state index contributed by atoms with van der Waals surface area (Å²) in [7, 11) is 0. The largest absolute Gasteiger partial charge is 0.460 e. The van der Waals surface area contributed by atoms with Crippen LogP contribution in [0.4, 0.5) is 0 Å². The number of rotatable bonds is 0. The number of carbonyl (C=O) groups is 1. The number of piperidine rings is 1. The summed E-state index contributed by atoms with van der Waals surface area (Å²) in [4.78, 5) is 13.7. The van der Waals surface area contributed by atoms with E-state index in [0.717, 1.165) is 19.5 Å². The van der Waals surface area contributed by atoms with Crippen LogP contribution in [0.15, 0.2) is 0 Å². The van der Waals surface area contributed by atoms with Crippen LogP contribution in [0, 0.1) is 5.92 Å². The van der Waals surface area contributed by atoms with Crippen molar-refractivity contribution in [1.29, 1.82) is 0 Å². The van der Waals surface area contributed by atoms with Crippen molar-refractivity contribution in [2.24, 2.45) is 5.92 Å². The van der Waals surface area contributed by atoms with Crippen LogP contribution in [0.2, 0.25) is 0 Å². The van der Waals surface area contributed by atoms with Crippen molar-refractivity contribution in [1.82, 2.24) is 4.90 Å². The molecule has 0 aliphatic carbocycles. The number of esters is 1. The molecule has 4 heteroatoms. The van der Waals surface area contributed by atoms with Gasteiger partial charge in [-0.1, -0.05) is 0 Å². The molecule has 3 heterocycles. The molecule has 13 heavy (non-hydrogen) atoms. The molecule has 0 spiro atoms. The van der Waals surface area contributed by atoms with Gasteiger partial charge in [0.05, 0.1) is 12.1 Å². The molecule has 0 aromatic heterocycles. The first-order chi connectivity index (χ1) is 6.27. The van der Waals surface area contributed by atoms with Crippen LogP contribution >= 0.6 is 0 Å². The van der Waals surface area contributed by atoms with Gasteiger partial charge in [-0.05, 0) is 12.8 Å². The van der Waals surface area contributed by atoms with Crippen LogP contribution in [-0.4, -0.2) is 47.3 Å². The smallest absolute Gasteiger partial charge is 0.313 e. The molecule has 0 saturated carbocycles. The van der Waals surface area contributed by atoms with Crippen molar-refractivity contribution in [2.45, 2.75) is 31.1 Å². The minimum atomic E-state index is -0.475. The van der Waals surface area contributed by atoms with Gasteiger partial charge in [-0.2, -0.15) is 0 Å². The molecule has 1 N–H and O–H groups in total. The van der Waals surface area contributed by atoms with Crippen LogP contribution < -0.4 is 0 Å². The van der Waals surface area contributed by atoms with Crippen molar-refractivity contribution in [3.63, 3.8) is 0 Å². The number of hydrogen-bond acceptors (Lipinski definition) is 4. The highest BCUT2D eigenvalue weighted by atomic mass is 16.6. The van der Waals surface area contributed by atoms with Crippen LogP contribution in [0.5, 0.6) is 0 Å². The molecule has 3 rings (SSSR count). The number of carbonyl (C=O) groups excluding carboxylic acids is 1. The lowest BCUT2D eigenvalue weighted by Gasteiger charge is -2.34. The number of aliphatic hydroxyl groups excluding tert-OH is 1. The molecule has 3 saturated heterocycles. The molecule has 0 aromatic rings. The Morgan fingerprint density at radius 2 is 2.15 bits per heavy atom. The van der Waals surface area contributed by atoms with Crippen LogP contribution in [0.1, 0.15) is 12.8 Å². The first-order valence-electron chi connectivity index (χ1n) is 4.90. The molecular weight excluding hydrogens is 170 g/mol. The number of nitrogens with zero attached hydrogens (tertiary/aromatic N) is 1. The predicted molar refractivity (Wildman–Crippen MR) is 44.0 cm³/mol. The fourth-order valence-corrected chi connectivity index (χ4v) is 2.93. The SMILES string of the molecule is O=C1O[C@H]2CCN3CC[C@@H](O)[C@@H]1[C@@H]23. The topological polar surface area (TPSA) is 49.8 Å². The third-order valence-electron chi connectivity index (χ3n) is 3.54. The van der Waals surface area contributed by atoms with Crippen molar-refractivity contribution in [2.75, 3.05) is 13.1 Å². The van der Waals surface area contributed by atoms with E-state index < -0.39 is 6.10 Å². The second-order valence-electron chi connectivity index (χ2n) is 4.17. The van der Waals surface area contributed by atoms with Gasteiger partial charge in [-0.15, -0.1) is 0 Å². The van der Waals surface area contributed by atoms with Crippen LogP contribution in [-0.2, 0) is 9.53 Å². The van der Waals surface area contributed by atoms with Crippen LogP contribution in [0.25, 0.3) is 0 Å². The monoisotopic (exact) mass is 183 g/mol. The van der Waals surface area contributed by atoms with E-state index in [0.29, 0.717) is 6.42 Å². The molecule has 0 bridgehead atoms. The standard InChI is InChI=1S/C9H13NO3/c11-5-1-3-10-4-2-6-8(10)7(5)9(12)13-6/h5-8,11H,1-4H2/t5-,6+,7-,8-/m1/s1. The Morgan fingerprint density at radius 1 is 1.38 bits per heavy atom. The van der Waals surface area contributed by atoms with Gasteiger partial charge >= 0.3 is 5.97 Å². The number of aliphatic hydroxyl groups is 1. The Balaban J connectivity index is 1.95. The minimum absolute atomic E-state index is 0.0625. The Labute approximate surface area is 76.5 Å². The van der Waals surface area contributed by atoms with Crippen molar-refractivity contribution in [3.05, 3.63) is 0 Å². The Hall–Kier alpha value is -0.610. The third-order valence-corrected chi connectivity index (χ3v) is 3.54. The van der Waals surface area contributed by atoms with Gasteiger partial charge < -0.3 is 9.84 Å². The third kappa shape index (κ3) is 0.901. The van der Waals surface area contributed by atoms with E-state index in [2.05, 4.69) is 4.90 Å². The van der Waals surface area contributed by atoms with Gasteiger partial charge in [0.2, 0.25) is 0 Å². The Kier molecular flexibility index (Phi) is 1.46. The highest BCUT2D eigenvalue weighted by molar-refractivity contribution is 5.77. The Bertz CT molecular complexity index is 255. The summed E-state index contributed by atoms with van der Waals surface area (Å²) >= 11 is 0. The Morgan fingerprint density at radius 3 is 3.00 bits per heavy atom. The van der Waals surface area contributed by atoms with E-state index in [1.165, 1.54) is 0 Å². The second-order valence-corrected chi connectivity index (χ2v) is 4.17. The molecule has 3 fully saturated rings. The molecule has 0 unspecified atom stereocenters. The van der Waals surface area contributed by atoms with Crippen molar-refractivity contribution >= 4 is 5.97 Å². The first-order valence-corrected chi connectivity index (χ1v) is 4.90. The average Bonchev–Trinajstić information content (AvgIpc) is 2.61. The minimum Gasteiger partial charge on any atom is -0.460 e. The highest BCUT2D eigenvalue weighted by Crippen LogP contribution is 2.39. The molecule has 4 nitrogen and oxygen atoms in total. The lowest BCUT2D eigenvalue weighted by molar-refractivity contribution is -0.148. The van der Waals surface area contributed by atoms with E-state index >= 15 is 0 Å². The summed E-state index contributed by atoms with van der Waals surface area (Å²) < 4.78 is 5.23. The van der Waals surface area contributed by atoms with E-state index in [4.69, 9.17) is 4.74 Å². The maximum Gasteiger partial charge on any atom is 0.313 e. The lowest BCUT2D eigenvalue weighted by Crippen LogP contribution is -2.49. The van der Waals surface area contributed by atoms with E-state index in [1.54, 1.807) is 0 Å². The first kappa shape index (κ1) is 7.76. The summed E-state index contributed by atoms with van der Waals surface area (Å²) in [5, 5.41) is 9.69. The van der Waals surface area contributed by atoms with Gasteiger partial charge in [0.15, 0.2) is 0 Å². The maximum atomic E-state index is 11.4. The van der Waals surface area contributed by atoms with E-state index in [1.807, 2.05) is 0 Å². The second kappa shape index (κ2) is 2.45. The maximum absolute atomic E-state index is 11.4. The summed E-state index contributed by atoms with van der Waals surface area (Å²) in [5.41, 5.74) is 0. The molecule has 0 amide bonds. The predicted octanol–water partition coefficient (Wildman–Crippen LogP) is -0.633. The molecule has 3 aliphatic rings. The lowest BCUT2D eigenvalue weighted by atomic mass is 9.88. The van der Waals surface area contributed by atoms with Gasteiger partial charge in [0.25, 0.3) is 0 Å². The molecule has 0 radical (unpaired) electrons. The fraction of sp³-hybridized carbons (Fsp3) is 0.889. The quantitative estimate of drug-likeness (QED) is 0.508. The van der Waals surface area contributed by atoms with Crippen molar-refractivity contribution in [3.8, 4) is 0 Å². The molecule has 4 atom stereocenters. The fourth-order valence-electron chi connectivity index (χ4n) is 2.93. The molecular formula is C9H13NO3. The zero-order valence-electron chi connectivity index (χ0n) is 7.35. The van der Waals surface area contributed by atoms with E-state index in [-0.39, 0.29) is 24.0 Å². The van der Waals surface area contributed by atoms with Crippen molar-refractivity contribution < 1.29 is 14.6 Å². The van der Waals surface area contributed by atoms with Gasteiger partial charge in [-0.25, -0.2) is 0 Å². The van der Waals surface area contributed by atoms with Gasteiger partial charge in [-0.3, -0.25) is 9.69 Å². The summed E-state index contributed by atoms with van der Waals surface area (Å²) in [5.74, 6) is -0.451. The van der Waals surface area contributed by atoms with Gasteiger partial charge in [0.1, 0.15) is 12.0 Å².